The van der Waals surface area contributed by atoms with Crippen molar-refractivity contribution < 1.29 is 92.9 Å². The van der Waals surface area contributed by atoms with Crippen LogP contribution in [0.1, 0.15) is 0 Å². The maximum Gasteiger partial charge on any atom is 1.00 e. The Balaban J connectivity index is -0.0000000231. The first-order valence-corrected chi connectivity index (χ1v) is 4.06. The van der Waals surface area contributed by atoms with Gasteiger partial charge in [-0.3, -0.25) is 0 Å². The van der Waals surface area contributed by atoms with Crippen LogP contribution < -0.4 is 68.9 Å². The molecule has 13 heavy (non-hydrogen) atoms. The van der Waals surface area contributed by atoms with E-state index in [9.17, 15) is 0 Å². The summed E-state index contributed by atoms with van der Waals surface area (Å²) in [6.07, 6.45) is 0.750. The minimum atomic E-state index is -3.12. The van der Waals surface area contributed by atoms with Crippen molar-refractivity contribution in [3.05, 3.63) is 12.8 Å². The summed E-state index contributed by atoms with van der Waals surface area (Å²) in [5.41, 5.74) is 0. The molecule has 2 unspecified atom stereocenters. The topological polar surface area (TPSA) is 141 Å². The third kappa shape index (κ3) is 729. The largest absolute Gasteiger partial charge is 1.00 e. The molecular weight excluding hydrogens is 244 g/mol. The average molecular weight is 250 g/mol. The maximum atomic E-state index is 8.59. The van der Waals surface area contributed by atoms with Crippen molar-refractivity contribution in [1.82, 2.24) is 0 Å². The van der Waals surface area contributed by atoms with Gasteiger partial charge in [0.1, 0.15) is 0 Å². The van der Waals surface area contributed by atoms with Gasteiger partial charge >= 0.3 is 75.6 Å². The third-order valence-corrected chi connectivity index (χ3v) is 0. The third-order valence-electron chi connectivity index (χ3n) is 0. The van der Waals surface area contributed by atoms with Gasteiger partial charge < -0.3 is 14.9 Å². The molecule has 66 valence electrons. The van der Waals surface area contributed by atoms with Gasteiger partial charge in [-0.1, -0.05) is 6.58 Å². The first-order chi connectivity index (χ1) is 4.88. The average Bonchev–Trinajstić information content (AvgIpc) is 1.60. The van der Waals surface area contributed by atoms with Crippen LogP contribution in [-0.4, -0.2) is 14.9 Å². The first kappa shape index (κ1) is 29.3. The summed E-state index contributed by atoms with van der Waals surface area (Å²) in [6.45, 7) is 2.92. The number of hydrogen-bond acceptors (Lipinski definition) is 5. The van der Waals surface area contributed by atoms with E-state index in [4.69, 9.17) is 33.8 Å². The van der Waals surface area contributed by atoms with Gasteiger partial charge in [0, 0.05) is 0 Å². The van der Waals surface area contributed by atoms with Gasteiger partial charge in [0.15, 0.2) is 0 Å². The summed E-state index contributed by atoms with van der Waals surface area (Å²) in [5.74, 6) is 0. The molecule has 0 spiro atoms. The van der Waals surface area contributed by atoms with Crippen molar-refractivity contribution in [2.75, 3.05) is 0 Å². The van der Waals surface area contributed by atoms with Gasteiger partial charge in [0.2, 0.25) is 0 Å². The number of aliphatic hydroxyl groups is 1. The molecule has 0 aliphatic rings. The summed E-state index contributed by atoms with van der Waals surface area (Å²) in [6, 6.07) is 0. The van der Waals surface area contributed by atoms with E-state index in [1.165, 1.54) is 0 Å². The predicted octanol–water partition coefficient (Wildman–Crippen LogP) is -7.31. The molecule has 0 aliphatic heterocycles. The Kier molecular flexibility index (Phi) is 65.8. The molecule has 2 atom stereocenters. The molecule has 0 bridgehead atoms. The fourth-order valence-electron chi connectivity index (χ4n) is 0. The molecule has 7 nitrogen and oxygen atoms in total. The zero-order valence-electron chi connectivity index (χ0n) is 7.15. The van der Waals surface area contributed by atoms with E-state index in [0.717, 1.165) is 6.26 Å². The van der Waals surface area contributed by atoms with E-state index in [2.05, 4.69) is 6.58 Å². The molecule has 0 saturated carbocycles. The van der Waals surface area contributed by atoms with Crippen LogP contribution in [0.5, 0.6) is 0 Å². The first-order valence-electron chi connectivity index (χ1n) is 1.80. The normalized spacial score (nSPS) is 7.69. The smallest absolute Gasteiger partial charge is 0.567 e. The molecule has 0 amide bonds. The van der Waals surface area contributed by atoms with E-state index in [1.54, 1.807) is 0 Å². The van der Waals surface area contributed by atoms with Crippen LogP contribution in [0.4, 0.5) is 0 Å². The second-order valence-corrected chi connectivity index (χ2v) is 1.61. The van der Waals surface area contributed by atoms with Crippen molar-refractivity contribution in [2.24, 2.45) is 0 Å². The van der Waals surface area contributed by atoms with Gasteiger partial charge in [-0.25, -0.2) is 0 Å². The van der Waals surface area contributed by atoms with Crippen LogP contribution >= 0.6 is 16.5 Å². The Morgan fingerprint density at radius 3 is 1.08 bits per heavy atom. The fourth-order valence-corrected chi connectivity index (χ4v) is 0. The van der Waals surface area contributed by atoms with E-state index >= 15 is 0 Å². The molecular formula is C2H6Na2O7P2+2. The Morgan fingerprint density at radius 1 is 1.08 bits per heavy atom. The van der Waals surface area contributed by atoms with Crippen molar-refractivity contribution in [3.63, 3.8) is 0 Å². The van der Waals surface area contributed by atoms with Crippen molar-refractivity contribution >= 4 is 16.5 Å². The van der Waals surface area contributed by atoms with Crippen LogP contribution in [-0.2, 0) is 9.13 Å². The van der Waals surface area contributed by atoms with Gasteiger partial charge in [-0.2, -0.15) is 9.79 Å². The molecule has 0 radical (unpaired) electrons. The van der Waals surface area contributed by atoms with Gasteiger partial charge in [-0.05, 0) is 9.13 Å². The van der Waals surface area contributed by atoms with Gasteiger partial charge in [-0.15, -0.1) is 0 Å². The monoisotopic (exact) mass is 250 g/mol. The Hall–Kier alpha value is 1.58. The quantitative estimate of drug-likeness (QED) is 0.220. The molecule has 0 aromatic rings. The Labute approximate surface area is 121 Å². The number of hydrogen-bond donors (Lipinski definition) is 3. The molecule has 0 saturated heterocycles. The summed E-state index contributed by atoms with van der Waals surface area (Å²) < 4.78 is 17.2. The molecule has 0 rings (SSSR count). The molecule has 0 fully saturated rings. The maximum absolute atomic E-state index is 8.59. The zero-order chi connectivity index (χ0) is 9.86. The van der Waals surface area contributed by atoms with Crippen LogP contribution in [0, 0.1) is 0 Å². The Morgan fingerprint density at radius 2 is 1.08 bits per heavy atom. The second kappa shape index (κ2) is 29.2. The molecule has 0 aromatic carbocycles. The summed E-state index contributed by atoms with van der Waals surface area (Å²) in [7, 11) is -6.24. The van der Waals surface area contributed by atoms with E-state index < -0.39 is 16.5 Å². The van der Waals surface area contributed by atoms with Crippen molar-refractivity contribution in [2.45, 2.75) is 0 Å². The van der Waals surface area contributed by atoms with Crippen molar-refractivity contribution in [3.8, 4) is 0 Å². The Bertz CT molecular complexity index is 110. The second-order valence-electron chi connectivity index (χ2n) is 0.658. The predicted molar refractivity (Wildman–Crippen MR) is 32.5 cm³/mol. The van der Waals surface area contributed by atoms with Crippen LogP contribution in [0.15, 0.2) is 12.8 Å². The van der Waals surface area contributed by atoms with Gasteiger partial charge in [0.05, 0.1) is 6.26 Å². The minimum Gasteiger partial charge on any atom is -0.567 e. The SMILES string of the molecule is C=CO.O=[P+]([O-])O.O=[P+]([O-])O.[Na+].[Na+]. The van der Waals surface area contributed by atoms with Crippen LogP contribution in [0.3, 0.4) is 0 Å². The molecule has 11 heteroatoms. The minimum absolute atomic E-state index is 0. The standard InChI is InChI=1S/C2H4O.2Na.2HO3P/c1-2-3;;;2*1-4(2)3/h2-3H,1H2;;;2*(H,1,2,3)/q;2*+1;;. The van der Waals surface area contributed by atoms with Crippen molar-refractivity contribution in [1.29, 1.82) is 0 Å². The summed E-state index contributed by atoms with van der Waals surface area (Å²) >= 11 is 0. The fraction of sp³-hybridized carbons (Fsp3) is 0. The van der Waals surface area contributed by atoms with Crippen LogP contribution in [0.25, 0.3) is 0 Å². The summed E-state index contributed by atoms with van der Waals surface area (Å²) in [4.78, 5) is 31.2. The molecule has 0 aliphatic carbocycles. The summed E-state index contributed by atoms with van der Waals surface area (Å²) in [5, 5.41) is 7.33. The zero-order valence-corrected chi connectivity index (χ0v) is 12.9. The van der Waals surface area contributed by atoms with Crippen LogP contribution in [0.2, 0.25) is 0 Å². The van der Waals surface area contributed by atoms with Gasteiger partial charge in [0.25, 0.3) is 0 Å². The number of aliphatic hydroxyl groups excluding tert-OH is 1. The molecule has 3 N–H and O–H groups in total. The van der Waals surface area contributed by atoms with E-state index in [0.29, 0.717) is 0 Å². The van der Waals surface area contributed by atoms with E-state index in [1.807, 2.05) is 0 Å². The van der Waals surface area contributed by atoms with E-state index in [-0.39, 0.29) is 59.1 Å². The number of rotatable bonds is 0. The molecule has 0 aromatic heterocycles. The molecule has 0 heterocycles.